The van der Waals surface area contributed by atoms with Crippen molar-refractivity contribution < 1.29 is 37.4 Å². The number of halogens is 1. The van der Waals surface area contributed by atoms with Gasteiger partial charge in [-0.1, -0.05) is 44.4 Å². The standard InChI is InChI=1S/C25H34FN6O7P/c1-3-4-5-9-12-36-24(34)16(2)31-40(35,39-17-10-7-6-8-11-17)37-14-18-13-19(33)23(38-18)32-15-28-20-21(27)29-25(26)30-22(20)32/h6-8,10-11,15-16,18-19,23,33H,3-5,9,12-14H2,1-2H3,(H,31,35)(H2,27,29,30)/t16-,18-,19-,23?,40?/m0/s1. The molecule has 1 aliphatic rings. The zero-order chi connectivity index (χ0) is 28.7. The summed E-state index contributed by atoms with van der Waals surface area (Å²) < 4.78 is 51.4. The Bertz CT molecular complexity index is 1330. The van der Waals surface area contributed by atoms with E-state index in [1.165, 1.54) is 17.8 Å². The lowest BCUT2D eigenvalue weighted by molar-refractivity contribution is -0.145. The number of ether oxygens (including phenoxy) is 2. The van der Waals surface area contributed by atoms with Crippen LogP contribution in [0.15, 0.2) is 36.7 Å². The van der Waals surface area contributed by atoms with Gasteiger partial charge in [0.15, 0.2) is 23.2 Å². The summed E-state index contributed by atoms with van der Waals surface area (Å²) >= 11 is 0. The highest BCUT2D eigenvalue weighted by atomic mass is 31.2. The van der Waals surface area contributed by atoms with Gasteiger partial charge in [-0.15, -0.1) is 0 Å². The lowest BCUT2D eigenvalue weighted by Gasteiger charge is -2.24. The van der Waals surface area contributed by atoms with Gasteiger partial charge < -0.3 is 24.8 Å². The highest BCUT2D eigenvalue weighted by Gasteiger charge is 2.39. The van der Waals surface area contributed by atoms with Crippen molar-refractivity contribution in [3.8, 4) is 5.75 Å². The van der Waals surface area contributed by atoms with Crippen molar-refractivity contribution in [3.63, 3.8) is 0 Å². The van der Waals surface area contributed by atoms with Crippen molar-refractivity contribution in [2.24, 2.45) is 0 Å². The van der Waals surface area contributed by atoms with Crippen molar-refractivity contribution in [1.29, 1.82) is 0 Å². The summed E-state index contributed by atoms with van der Waals surface area (Å²) in [6.45, 7) is 3.59. The first-order valence-corrected chi connectivity index (χ1v) is 14.7. The van der Waals surface area contributed by atoms with Gasteiger partial charge in [-0.3, -0.25) is 13.9 Å². The Balaban J connectivity index is 1.41. The number of hydrogen-bond acceptors (Lipinski definition) is 11. The summed E-state index contributed by atoms with van der Waals surface area (Å²) in [5.41, 5.74) is 5.94. The molecule has 0 aliphatic carbocycles. The number of fused-ring (bicyclic) bond motifs is 1. The van der Waals surface area contributed by atoms with Crippen molar-refractivity contribution in [3.05, 3.63) is 42.7 Å². The van der Waals surface area contributed by atoms with Crippen molar-refractivity contribution in [2.75, 3.05) is 18.9 Å². The molecule has 0 spiro atoms. The molecule has 0 radical (unpaired) electrons. The van der Waals surface area contributed by atoms with Gasteiger partial charge in [0, 0.05) is 6.42 Å². The second-order valence-electron chi connectivity index (χ2n) is 9.43. The van der Waals surface area contributed by atoms with E-state index in [1.807, 2.05) is 0 Å². The normalized spacial score (nSPS) is 21.2. The van der Waals surface area contributed by atoms with Crippen molar-refractivity contribution in [1.82, 2.24) is 24.6 Å². The Kier molecular flexibility index (Phi) is 10.0. The topological polar surface area (TPSA) is 173 Å². The molecule has 13 nitrogen and oxygen atoms in total. The first-order valence-electron chi connectivity index (χ1n) is 13.1. The van der Waals surface area contributed by atoms with Gasteiger partial charge in [0.2, 0.25) is 0 Å². The predicted molar refractivity (Wildman–Crippen MR) is 143 cm³/mol. The maximum Gasteiger partial charge on any atom is 0.459 e. The fourth-order valence-electron chi connectivity index (χ4n) is 4.19. The molecule has 40 heavy (non-hydrogen) atoms. The summed E-state index contributed by atoms with van der Waals surface area (Å²) in [6, 6.07) is 7.35. The van der Waals surface area contributed by atoms with E-state index < -0.39 is 44.3 Å². The Morgan fingerprint density at radius 1 is 1.30 bits per heavy atom. The number of aliphatic hydroxyl groups is 1. The third-order valence-electron chi connectivity index (χ3n) is 6.21. The highest BCUT2D eigenvalue weighted by Crippen LogP contribution is 2.46. The number of esters is 1. The predicted octanol–water partition coefficient (Wildman–Crippen LogP) is 3.50. The lowest BCUT2D eigenvalue weighted by atomic mass is 10.2. The summed E-state index contributed by atoms with van der Waals surface area (Å²) in [5.74, 6) is -0.481. The Labute approximate surface area is 230 Å². The molecule has 3 heterocycles. The third kappa shape index (κ3) is 7.52. The Hall–Kier alpha value is -3.16. The fourth-order valence-corrected chi connectivity index (χ4v) is 5.71. The molecule has 2 unspecified atom stereocenters. The zero-order valence-electron chi connectivity index (χ0n) is 22.3. The molecule has 5 atom stereocenters. The van der Waals surface area contributed by atoms with Crippen LogP contribution >= 0.6 is 7.75 Å². The number of carbonyl (C=O) groups excluding carboxylic acids is 1. The number of nitrogens with two attached hydrogens (primary N) is 1. The van der Waals surface area contributed by atoms with Crippen LogP contribution in [0.1, 0.15) is 52.2 Å². The number of rotatable bonds is 14. The summed E-state index contributed by atoms with van der Waals surface area (Å²) in [7, 11) is -4.12. The summed E-state index contributed by atoms with van der Waals surface area (Å²) in [5, 5.41) is 13.3. The van der Waals surface area contributed by atoms with Crippen LogP contribution in [-0.4, -0.2) is 62.1 Å². The van der Waals surface area contributed by atoms with Crippen LogP contribution in [0.2, 0.25) is 0 Å². The molecule has 4 rings (SSSR count). The first-order chi connectivity index (χ1) is 19.2. The number of nitrogens with zero attached hydrogens (tertiary/aromatic N) is 4. The number of nitrogens with one attached hydrogen (secondary N) is 1. The quantitative estimate of drug-likeness (QED) is 0.110. The number of anilines is 1. The average Bonchev–Trinajstić information content (AvgIpc) is 3.50. The molecular formula is C25H34FN6O7P. The maximum absolute atomic E-state index is 13.8. The van der Waals surface area contributed by atoms with Crippen LogP contribution in [0.3, 0.4) is 0 Å². The molecule has 218 valence electrons. The van der Waals surface area contributed by atoms with E-state index in [0.717, 1.165) is 25.7 Å². The minimum Gasteiger partial charge on any atom is -0.465 e. The Morgan fingerprint density at radius 2 is 2.08 bits per heavy atom. The SMILES string of the molecule is CCCCCCOC(=O)[C@H](C)NP(=O)(OC[C@@H]1C[C@H](O)C(n2cnc3c(N)nc(F)nc32)O1)Oc1ccccc1. The fraction of sp³-hybridized carbons (Fsp3) is 0.520. The minimum absolute atomic E-state index is 0.0531. The lowest BCUT2D eigenvalue weighted by Crippen LogP contribution is -2.35. The van der Waals surface area contributed by atoms with Gasteiger partial charge in [-0.25, -0.2) is 9.55 Å². The number of imidazole rings is 1. The largest absolute Gasteiger partial charge is 0.465 e. The molecular weight excluding hydrogens is 546 g/mol. The number of aromatic nitrogens is 4. The van der Waals surface area contributed by atoms with E-state index in [0.29, 0.717) is 0 Å². The zero-order valence-corrected chi connectivity index (χ0v) is 23.2. The highest BCUT2D eigenvalue weighted by molar-refractivity contribution is 7.52. The van der Waals surface area contributed by atoms with Crippen molar-refractivity contribution in [2.45, 2.75) is 70.4 Å². The molecule has 1 fully saturated rings. The first kappa shape index (κ1) is 29.8. The molecule has 1 aromatic carbocycles. The minimum atomic E-state index is -4.12. The van der Waals surface area contributed by atoms with Crippen LogP contribution in [0, 0.1) is 6.08 Å². The van der Waals surface area contributed by atoms with Crippen LogP contribution in [0.5, 0.6) is 5.75 Å². The molecule has 15 heteroatoms. The average molecular weight is 581 g/mol. The van der Waals surface area contributed by atoms with E-state index in [4.69, 9.17) is 24.3 Å². The number of benzene rings is 1. The van der Waals surface area contributed by atoms with Crippen molar-refractivity contribution >= 4 is 30.7 Å². The van der Waals surface area contributed by atoms with E-state index in [-0.39, 0.29) is 42.4 Å². The van der Waals surface area contributed by atoms with Gasteiger partial charge in [0.1, 0.15) is 17.9 Å². The summed E-state index contributed by atoms with van der Waals surface area (Å²) in [4.78, 5) is 23.8. The molecule has 0 bridgehead atoms. The van der Waals surface area contributed by atoms with E-state index in [9.17, 15) is 18.9 Å². The second kappa shape index (κ2) is 13.5. The molecule has 1 aliphatic heterocycles. The van der Waals surface area contributed by atoms with Gasteiger partial charge in [0.05, 0.1) is 25.6 Å². The van der Waals surface area contributed by atoms with Gasteiger partial charge in [-0.2, -0.15) is 19.4 Å². The number of nitrogen functional groups attached to an aromatic ring is 1. The number of hydrogen-bond donors (Lipinski definition) is 3. The van der Waals surface area contributed by atoms with Crippen LogP contribution in [0.4, 0.5) is 10.2 Å². The van der Waals surface area contributed by atoms with Crippen LogP contribution in [-0.2, 0) is 23.4 Å². The van der Waals surface area contributed by atoms with Crippen LogP contribution < -0.4 is 15.3 Å². The molecule has 0 saturated carbocycles. The number of unbranched alkanes of at least 4 members (excludes halogenated alkanes) is 3. The number of para-hydroxylation sites is 1. The molecule has 3 aromatic rings. The molecule has 1 saturated heterocycles. The number of aliphatic hydroxyl groups excluding tert-OH is 1. The summed E-state index contributed by atoms with van der Waals surface area (Å²) in [6.07, 6.45) is 1.38. The van der Waals surface area contributed by atoms with E-state index in [1.54, 1.807) is 30.3 Å². The third-order valence-corrected chi connectivity index (χ3v) is 7.85. The van der Waals surface area contributed by atoms with Gasteiger partial charge in [0.25, 0.3) is 0 Å². The monoisotopic (exact) mass is 580 g/mol. The van der Waals surface area contributed by atoms with E-state index >= 15 is 0 Å². The second-order valence-corrected chi connectivity index (χ2v) is 11.1. The molecule has 2 aromatic heterocycles. The van der Waals surface area contributed by atoms with Gasteiger partial charge in [-0.05, 0) is 25.5 Å². The number of carbonyl (C=O) groups is 1. The molecule has 0 amide bonds. The molecule has 4 N–H and O–H groups in total. The van der Waals surface area contributed by atoms with E-state index in [2.05, 4.69) is 27.0 Å². The maximum atomic E-state index is 13.8. The smallest absolute Gasteiger partial charge is 0.459 e. The Morgan fingerprint density at radius 3 is 2.83 bits per heavy atom. The van der Waals surface area contributed by atoms with Gasteiger partial charge >= 0.3 is 19.8 Å². The van der Waals surface area contributed by atoms with Crippen LogP contribution in [0.25, 0.3) is 11.2 Å².